The summed E-state index contributed by atoms with van der Waals surface area (Å²) in [6, 6.07) is 4.75. The zero-order valence-electron chi connectivity index (χ0n) is 9.37. The van der Waals surface area contributed by atoms with Gasteiger partial charge in [0.2, 0.25) is 5.78 Å². The van der Waals surface area contributed by atoms with E-state index in [1.165, 1.54) is 30.6 Å². The zero-order chi connectivity index (χ0) is 13.3. The van der Waals surface area contributed by atoms with E-state index in [1.807, 2.05) is 0 Å². The van der Waals surface area contributed by atoms with Crippen molar-refractivity contribution in [2.24, 2.45) is 0 Å². The quantitative estimate of drug-likeness (QED) is 0.691. The fourth-order valence-corrected chi connectivity index (χ4v) is 2.65. The smallest absolute Gasteiger partial charge is 0.206 e. The number of halogens is 2. The molecule has 1 aromatic heterocycles. The van der Waals surface area contributed by atoms with Crippen molar-refractivity contribution in [2.75, 3.05) is 12.8 Å². The van der Waals surface area contributed by atoms with Crippen molar-refractivity contribution >= 4 is 46.0 Å². The Hall–Kier alpha value is -1.23. The Labute approximate surface area is 118 Å². The molecular formula is C12H9Cl2NO2S. The van der Waals surface area contributed by atoms with Gasteiger partial charge >= 0.3 is 0 Å². The maximum Gasteiger partial charge on any atom is 0.206 e. The molecule has 1 aromatic carbocycles. The third kappa shape index (κ3) is 2.32. The predicted molar refractivity (Wildman–Crippen MR) is 75.2 cm³/mol. The van der Waals surface area contributed by atoms with E-state index < -0.39 is 0 Å². The summed E-state index contributed by atoms with van der Waals surface area (Å²) in [6.07, 6.45) is 0. The fraction of sp³-hybridized carbons (Fsp3) is 0.0833. The van der Waals surface area contributed by atoms with E-state index in [4.69, 9.17) is 33.7 Å². The molecule has 1 heterocycles. The average molecular weight is 302 g/mol. The molecule has 0 radical (unpaired) electrons. The summed E-state index contributed by atoms with van der Waals surface area (Å²) in [5.74, 6) is 0.349. The highest BCUT2D eigenvalue weighted by Crippen LogP contribution is 2.33. The number of benzene rings is 1. The Bertz CT molecular complexity index is 587. The van der Waals surface area contributed by atoms with Gasteiger partial charge in [-0.05, 0) is 23.6 Å². The third-order valence-corrected chi connectivity index (χ3v) is 4.08. The fourth-order valence-electron chi connectivity index (χ4n) is 1.50. The SMILES string of the molecule is COc1ccsc1C(=O)c1cc(N)c(Cl)c(Cl)c1. The van der Waals surface area contributed by atoms with Gasteiger partial charge in [0, 0.05) is 5.56 Å². The first-order valence-corrected chi connectivity index (χ1v) is 6.59. The first-order valence-electron chi connectivity index (χ1n) is 4.95. The van der Waals surface area contributed by atoms with Gasteiger partial charge in [-0.25, -0.2) is 0 Å². The van der Waals surface area contributed by atoms with E-state index in [0.29, 0.717) is 16.2 Å². The molecular weight excluding hydrogens is 293 g/mol. The number of carbonyl (C=O) groups is 1. The predicted octanol–water partition coefficient (Wildman–Crippen LogP) is 3.88. The van der Waals surface area contributed by atoms with Crippen LogP contribution in [0.1, 0.15) is 15.2 Å². The molecule has 0 saturated heterocycles. The average Bonchev–Trinajstić information content (AvgIpc) is 2.82. The second-order valence-electron chi connectivity index (χ2n) is 3.51. The molecule has 0 saturated carbocycles. The summed E-state index contributed by atoms with van der Waals surface area (Å²) in [7, 11) is 1.52. The number of nitrogen functional groups attached to an aromatic ring is 1. The molecule has 0 aliphatic carbocycles. The minimum atomic E-state index is -0.188. The second kappa shape index (κ2) is 5.18. The van der Waals surface area contributed by atoms with Gasteiger partial charge in [-0.3, -0.25) is 4.79 Å². The number of rotatable bonds is 3. The monoisotopic (exact) mass is 301 g/mol. The van der Waals surface area contributed by atoms with Crippen molar-refractivity contribution in [3.05, 3.63) is 44.1 Å². The summed E-state index contributed by atoms with van der Waals surface area (Å²) in [6.45, 7) is 0. The molecule has 18 heavy (non-hydrogen) atoms. The number of methoxy groups -OCH3 is 1. The minimum Gasteiger partial charge on any atom is -0.495 e. The van der Waals surface area contributed by atoms with Crippen LogP contribution in [0.5, 0.6) is 5.75 Å². The first-order chi connectivity index (χ1) is 8.54. The maximum atomic E-state index is 12.3. The van der Waals surface area contributed by atoms with Crippen molar-refractivity contribution in [2.45, 2.75) is 0 Å². The lowest BCUT2D eigenvalue weighted by atomic mass is 10.1. The van der Waals surface area contributed by atoms with Gasteiger partial charge in [0.1, 0.15) is 10.6 Å². The summed E-state index contributed by atoms with van der Waals surface area (Å²) in [5.41, 5.74) is 6.36. The van der Waals surface area contributed by atoms with Crippen molar-refractivity contribution in [1.29, 1.82) is 0 Å². The second-order valence-corrected chi connectivity index (χ2v) is 5.21. The van der Waals surface area contributed by atoms with Crippen LogP contribution >= 0.6 is 34.5 Å². The zero-order valence-corrected chi connectivity index (χ0v) is 11.7. The highest BCUT2D eigenvalue weighted by Gasteiger charge is 2.18. The van der Waals surface area contributed by atoms with Crippen molar-refractivity contribution in [3.8, 4) is 5.75 Å². The molecule has 2 aromatic rings. The molecule has 2 N–H and O–H groups in total. The third-order valence-electron chi connectivity index (χ3n) is 2.37. The van der Waals surface area contributed by atoms with Gasteiger partial charge in [0.15, 0.2) is 0 Å². The van der Waals surface area contributed by atoms with E-state index >= 15 is 0 Å². The van der Waals surface area contributed by atoms with Gasteiger partial charge < -0.3 is 10.5 Å². The van der Waals surface area contributed by atoms with E-state index in [-0.39, 0.29) is 21.5 Å². The van der Waals surface area contributed by atoms with Crippen LogP contribution in [0.4, 0.5) is 5.69 Å². The summed E-state index contributed by atoms with van der Waals surface area (Å²) in [5, 5.41) is 2.30. The molecule has 6 heteroatoms. The highest BCUT2D eigenvalue weighted by atomic mass is 35.5. The molecule has 0 fully saturated rings. The largest absolute Gasteiger partial charge is 0.495 e. The summed E-state index contributed by atoms with van der Waals surface area (Å²) in [4.78, 5) is 12.8. The van der Waals surface area contributed by atoms with Crippen LogP contribution in [0, 0.1) is 0 Å². The number of ether oxygens (including phenoxy) is 1. The molecule has 0 aliphatic heterocycles. The lowest BCUT2D eigenvalue weighted by molar-refractivity contribution is 0.104. The van der Waals surface area contributed by atoms with Gasteiger partial charge in [-0.2, -0.15) is 0 Å². The first kappa shape index (κ1) is 13.2. The summed E-state index contributed by atoms with van der Waals surface area (Å²) >= 11 is 13.1. The van der Waals surface area contributed by atoms with Gasteiger partial charge in [-0.1, -0.05) is 23.2 Å². The van der Waals surface area contributed by atoms with E-state index in [2.05, 4.69) is 0 Å². The number of ketones is 1. The van der Waals surface area contributed by atoms with E-state index in [1.54, 1.807) is 11.4 Å². The van der Waals surface area contributed by atoms with E-state index in [9.17, 15) is 4.79 Å². The van der Waals surface area contributed by atoms with Crippen LogP contribution in [0.3, 0.4) is 0 Å². The molecule has 3 nitrogen and oxygen atoms in total. The summed E-state index contributed by atoms with van der Waals surface area (Å²) < 4.78 is 5.11. The van der Waals surface area contributed by atoms with Crippen molar-refractivity contribution in [1.82, 2.24) is 0 Å². The molecule has 0 spiro atoms. The van der Waals surface area contributed by atoms with Gasteiger partial charge in [-0.15, -0.1) is 11.3 Å². The topological polar surface area (TPSA) is 52.3 Å². The number of carbonyl (C=O) groups excluding carboxylic acids is 1. The number of nitrogens with two attached hydrogens (primary N) is 1. The highest BCUT2D eigenvalue weighted by molar-refractivity contribution is 7.12. The van der Waals surface area contributed by atoms with Crippen LogP contribution in [0.25, 0.3) is 0 Å². The van der Waals surface area contributed by atoms with Crippen LogP contribution in [-0.2, 0) is 0 Å². The van der Waals surface area contributed by atoms with Crippen molar-refractivity contribution < 1.29 is 9.53 Å². The number of hydrogen-bond acceptors (Lipinski definition) is 4. The van der Waals surface area contributed by atoms with E-state index in [0.717, 1.165) is 0 Å². The normalized spacial score (nSPS) is 10.4. The maximum absolute atomic E-state index is 12.3. The minimum absolute atomic E-state index is 0.188. The molecule has 0 aliphatic rings. The molecule has 0 bridgehead atoms. The van der Waals surface area contributed by atoms with Crippen LogP contribution < -0.4 is 10.5 Å². The van der Waals surface area contributed by atoms with Crippen LogP contribution in [-0.4, -0.2) is 12.9 Å². The number of anilines is 1. The lowest BCUT2D eigenvalue weighted by Gasteiger charge is -2.06. The molecule has 2 rings (SSSR count). The van der Waals surface area contributed by atoms with Crippen LogP contribution in [0.2, 0.25) is 10.0 Å². The van der Waals surface area contributed by atoms with Gasteiger partial charge in [0.25, 0.3) is 0 Å². The molecule has 94 valence electrons. The Morgan fingerprint density at radius 2 is 2.11 bits per heavy atom. The molecule has 0 amide bonds. The number of thiophene rings is 1. The standard InChI is InChI=1S/C12H9Cl2NO2S/c1-17-9-2-3-18-12(9)11(16)6-4-7(13)10(14)8(15)5-6/h2-5H,15H2,1H3. The lowest BCUT2D eigenvalue weighted by Crippen LogP contribution is -2.02. The Balaban J connectivity index is 2.47. The Morgan fingerprint density at radius 1 is 1.39 bits per heavy atom. The Morgan fingerprint density at radius 3 is 2.72 bits per heavy atom. The van der Waals surface area contributed by atoms with Gasteiger partial charge in [0.05, 0.1) is 22.8 Å². The molecule has 0 atom stereocenters. The molecule has 0 unspecified atom stereocenters. The Kier molecular flexibility index (Phi) is 3.80. The van der Waals surface area contributed by atoms with Crippen LogP contribution in [0.15, 0.2) is 23.6 Å². The van der Waals surface area contributed by atoms with Crippen molar-refractivity contribution in [3.63, 3.8) is 0 Å². The number of hydrogen-bond donors (Lipinski definition) is 1.